The van der Waals surface area contributed by atoms with Gasteiger partial charge in [-0.05, 0) is 32.3 Å². The van der Waals surface area contributed by atoms with Crippen LogP contribution < -0.4 is 0 Å². The zero-order chi connectivity index (χ0) is 14.1. The number of nitrogens with zero attached hydrogens (tertiary/aromatic N) is 3. The maximum Gasteiger partial charge on any atom is 0.191 e. The largest absolute Gasteiger partial charge is 0.306 e. The Morgan fingerprint density at radius 2 is 2.20 bits per heavy atom. The molecule has 1 aromatic carbocycles. The Balaban J connectivity index is 1.68. The van der Waals surface area contributed by atoms with E-state index in [9.17, 15) is 4.79 Å². The maximum atomic E-state index is 12.3. The number of hydrogen-bond donors (Lipinski definition) is 0. The Hall–Kier alpha value is -1.62. The first-order chi connectivity index (χ1) is 9.65. The summed E-state index contributed by atoms with van der Waals surface area (Å²) in [5, 5.41) is 8.90. The van der Waals surface area contributed by atoms with Crippen LogP contribution in [0.25, 0.3) is 0 Å². The van der Waals surface area contributed by atoms with Crippen molar-refractivity contribution in [2.45, 2.75) is 37.9 Å². The van der Waals surface area contributed by atoms with Gasteiger partial charge >= 0.3 is 0 Å². The molecule has 0 atom stereocenters. The molecule has 5 heteroatoms. The molecule has 1 aliphatic rings. The van der Waals surface area contributed by atoms with Gasteiger partial charge < -0.3 is 4.57 Å². The third-order valence-electron chi connectivity index (χ3n) is 3.50. The van der Waals surface area contributed by atoms with E-state index < -0.39 is 0 Å². The van der Waals surface area contributed by atoms with E-state index in [2.05, 4.69) is 14.8 Å². The fourth-order valence-electron chi connectivity index (χ4n) is 2.27. The van der Waals surface area contributed by atoms with Gasteiger partial charge in [0.25, 0.3) is 0 Å². The molecule has 1 heterocycles. The predicted octanol–water partition coefficient (Wildman–Crippen LogP) is 3.20. The molecule has 0 bridgehead atoms. The van der Waals surface area contributed by atoms with Crippen LogP contribution in [-0.4, -0.2) is 26.3 Å². The minimum absolute atomic E-state index is 0.151. The van der Waals surface area contributed by atoms with Crippen molar-refractivity contribution in [1.82, 2.24) is 14.8 Å². The number of carbonyl (C=O) groups is 1. The molecule has 104 valence electrons. The quantitative estimate of drug-likeness (QED) is 0.626. The molecule has 0 spiro atoms. The Labute approximate surface area is 122 Å². The van der Waals surface area contributed by atoms with Crippen molar-refractivity contribution in [3.63, 3.8) is 0 Å². The second kappa shape index (κ2) is 5.40. The zero-order valence-corrected chi connectivity index (χ0v) is 12.5. The summed E-state index contributed by atoms with van der Waals surface area (Å²) >= 11 is 1.48. The predicted molar refractivity (Wildman–Crippen MR) is 79.3 cm³/mol. The second-order valence-corrected chi connectivity index (χ2v) is 6.22. The van der Waals surface area contributed by atoms with Gasteiger partial charge in [-0.3, -0.25) is 4.79 Å². The van der Waals surface area contributed by atoms with Gasteiger partial charge in [-0.1, -0.05) is 35.5 Å². The summed E-state index contributed by atoms with van der Waals surface area (Å²) in [7, 11) is 0. The van der Waals surface area contributed by atoms with E-state index >= 15 is 0 Å². The molecule has 1 saturated carbocycles. The monoisotopic (exact) mass is 287 g/mol. The fraction of sp³-hybridized carbons (Fsp3) is 0.400. The number of rotatable bonds is 5. The Bertz CT molecular complexity index is 646. The Morgan fingerprint density at radius 3 is 2.90 bits per heavy atom. The number of benzene rings is 1. The lowest BCUT2D eigenvalue weighted by Gasteiger charge is -2.06. The number of thioether (sulfide) groups is 1. The smallest absolute Gasteiger partial charge is 0.191 e. The summed E-state index contributed by atoms with van der Waals surface area (Å²) in [6, 6.07) is 6.49. The first-order valence-corrected chi connectivity index (χ1v) is 7.76. The number of aryl methyl sites for hydroxylation is 2. The zero-order valence-electron chi connectivity index (χ0n) is 11.7. The molecular formula is C15H17N3OS. The molecule has 0 aliphatic heterocycles. The van der Waals surface area contributed by atoms with Crippen LogP contribution in [0.4, 0.5) is 0 Å². The summed E-state index contributed by atoms with van der Waals surface area (Å²) in [5.74, 6) is 0.563. The molecule has 0 saturated heterocycles. The molecule has 1 aromatic heterocycles. The molecule has 20 heavy (non-hydrogen) atoms. The topological polar surface area (TPSA) is 47.8 Å². The highest BCUT2D eigenvalue weighted by Gasteiger charge is 2.26. The van der Waals surface area contributed by atoms with Crippen LogP contribution in [0.1, 0.15) is 40.4 Å². The average molecular weight is 287 g/mol. The van der Waals surface area contributed by atoms with Crippen molar-refractivity contribution in [2.24, 2.45) is 0 Å². The highest BCUT2D eigenvalue weighted by atomic mass is 32.2. The van der Waals surface area contributed by atoms with E-state index in [1.54, 1.807) is 6.33 Å². The molecule has 2 aromatic rings. The van der Waals surface area contributed by atoms with Gasteiger partial charge in [-0.15, -0.1) is 10.2 Å². The Kier molecular flexibility index (Phi) is 3.61. The van der Waals surface area contributed by atoms with Crippen LogP contribution in [0.3, 0.4) is 0 Å². The van der Waals surface area contributed by atoms with Crippen molar-refractivity contribution in [3.05, 3.63) is 41.2 Å². The third kappa shape index (κ3) is 2.77. The first kappa shape index (κ1) is 13.4. The van der Waals surface area contributed by atoms with Gasteiger partial charge in [0.05, 0.1) is 5.75 Å². The molecule has 1 fully saturated rings. The molecule has 3 rings (SSSR count). The van der Waals surface area contributed by atoms with E-state index in [0.29, 0.717) is 11.8 Å². The van der Waals surface area contributed by atoms with Crippen LogP contribution >= 0.6 is 11.8 Å². The summed E-state index contributed by atoms with van der Waals surface area (Å²) in [6.07, 6.45) is 4.15. The average Bonchev–Trinajstić information content (AvgIpc) is 3.15. The van der Waals surface area contributed by atoms with Crippen molar-refractivity contribution in [2.75, 3.05) is 5.75 Å². The van der Waals surface area contributed by atoms with Crippen LogP contribution in [0, 0.1) is 13.8 Å². The van der Waals surface area contributed by atoms with Crippen LogP contribution in [0.15, 0.2) is 29.7 Å². The van der Waals surface area contributed by atoms with E-state index in [1.165, 1.54) is 30.2 Å². The van der Waals surface area contributed by atoms with Crippen molar-refractivity contribution >= 4 is 17.5 Å². The summed E-state index contributed by atoms with van der Waals surface area (Å²) in [4.78, 5) is 12.3. The van der Waals surface area contributed by atoms with Gasteiger partial charge in [0.15, 0.2) is 10.9 Å². The fourth-order valence-corrected chi connectivity index (χ4v) is 3.14. The highest BCUT2D eigenvalue weighted by molar-refractivity contribution is 7.99. The lowest BCUT2D eigenvalue weighted by atomic mass is 10.0. The molecule has 0 unspecified atom stereocenters. The maximum absolute atomic E-state index is 12.3. The summed E-state index contributed by atoms with van der Waals surface area (Å²) in [6.45, 7) is 4.02. The minimum atomic E-state index is 0.151. The molecule has 0 radical (unpaired) electrons. The van der Waals surface area contributed by atoms with Crippen LogP contribution in [-0.2, 0) is 0 Å². The van der Waals surface area contributed by atoms with Crippen molar-refractivity contribution < 1.29 is 4.79 Å². The van der Waals surface area contributed by atoms with Gasteiger partial charge in [0.2, 0.25) is 0 Å². The number of hydrogen-bond acceptors (Lipinski definition) is 4. The molecule has 1 aliphatic carbocycles. The SMILES string of the molecule is Cc1ccc(C(=O)CSc2nncn2C2CC2)c(C)c1. The number of ketones is 1. The summed E-state index contributed by atoms with van der Waals surface area (Å²) < 4.78 is 2.08. The lowest BCUT2D eigenvalue weighted by Crippen LogP contribution is -2.06. The minimum Gasteiger partial charge on any atom is -0.306 e. The van der Waals surface area contributed by atoms with Crippen LogP contribution in [0.5, 0.6) is 0 Å². The van der Waals surface area contributed by atoms with Gasteiger partial charge in [-0.2, -0.15) is 0 Å². The van der Waals surface area contributed by atoms with Gasteiger partial charge in [0.1, 0.15) is 6.33 Å². The van der Waals surface area contributed by atoms with Gasteiger partial charge in [-0.25, -0.2) is 0 Å². The normalized spacial score (nSPS) is 14.5. The van der Waals surface area contributed by atoms with E-state index in [-0.39, 0.29) is 5.78 Å². The Morgan fingerprint density at radius 1 is 1.40 bits per heavy atom. The van der Waals surface area contributed by atoms with E-state index in [0.717, 1.165) is 16.3 Å². The van der Waals surface area contributed by atoms with E-state index in [1.807, 2.05) is 32.0 Å². The third-order valence-corrected chi connectivity index (χ3v) is 4.45. The first-order valence-electron chi connectivity index (χ1n) is 6.78. The number of Topliss-reactive ketones (excluding diaryl/α,β-unsaturated/α-hetero) is 1. The van der Waals surface area contributed by atoms with E-state index in [4.69, 9.17) is 0 Å². The molecule has 0 N–H and O–H groups in total. The number of carbonyl (C=O) groups excluding carboxylic acids is 1. The number of aromatic nitrogens is 3. The summed E-state index contributed by atoms with van der Waals surface area (Å²) in [5.41, 5.74) is 3.03. The molecular weight excluding hydrogens is 270 g/mol. The standard InChI is InChI=1S/C15H17N3OS/c1-10-3-6-13(11(2)7-10)14(19)8-20-15-17-16-9-18(15)12-4-5-12/h3,6-7,9,12H,4-5,8H2,1-2H3. The van der Waals surface area contributed by atoms with Crippen molar-refractivity contribution in [1.29, 1.82) is 0 Å². The highest BCUT2D eigenvalue weighted by Crippen LogP contribution is 2.37. The second-order valence-electron chi connectivity index (χ2n) is 5.28. The molecule has 0 amide bonds. The van der Waals surface area contributed by atoms with Gasteiger partial charge in [0, 0.05) is 11.6 Å². The molecule has 4 nitrogen and oxygen atoms in total. The lowest BCUT2D eigenvalue weighted by molar-refractivity contribution is 0.102. The van der Waals surface area contributed by atoms with Crippen LogP contribution in [0.2, 0.25) is 0 Å². The van der Waals surface area contributed by atoms with Crippen molar-refractivity contribution in [3.8, 4) is 0 Å².